The zero-order valence-corrected chi connectivity index (χ0v) is 10.4. The van der Waals surface area contributed by atoms with Crippen LogP contribution in [0.1, 0.15) is 31.2 Å². The quantitative estimate of drug-likeness (QED) is 0.820. The maximum absolute atomic E-state index is 11.7. The lowest BCUT2D eigenvalue weighted by atomic mass is 10.3. The van der Waals surface area contributed by atoms with Crippen LogP contribution in [-0.2, 0) is 4.79 Å². The lowest BCUT2D eigenvalue weighted by Gasteiger charge is -2.14. The van der Waals surface area contributed by atoms with E-state index in [-0.39, 0.29) is 11.9 Å². The third kappa shape index (κ3) is 3.15. The molecule has 5 heteroatoms. The van der Waals surface area contributed by atoms with Gasteiger partial charge < -0.3 is 10.6 Å². The Morgan fingerprint density at radius 3 is 2.71 bits per heavy atom. The lowest BCUT2D eigenvalue weighted by molar-refractivity contribution is -0.121. The van der Waals surface area contributed by atoms with Gasteiger partial charge in [-0.3, -0.25) is 9.78 Å². The molecular weight excluding hydrogens is 216 g/mol. The van der Waals surface area contributed by atoms with Crippen molar-refractivity contribution in [1.29, 1.82) is 0 Å². The van der Waals surface area contributed by atoms with Crippen molar-refractivity contribution in [3.63, 3.8) is 0 Å². The number of nitrogens with zero attached hydrogens (tertiary/aromatic N) is 2. The summed E-state index contributed by atoms with van der Waals surface area (Å²) in [5.41, 5.74) is 1.79. The second-order valence-electron chi connectivity index (χ2n) is 4.57. The van der Waals surface area contributed by atoms with Crippen molar-refractivity contribution < 1.29 is 4.79 Å². The Morgan fingerprint density at radius 1 is 1.41 bits per heavy atom. The van der Waals surface area contributed by atoms with Gasteiger partial charge in [-0.2, -0.15) is 0 Å². The summed E-state index contributed by atoms with van der Waals surface area (Å²) >= 11 is 0. The van der Waals surface area contributed by atoms with E-state index in [1.54, 1.807) is 6.20 Å². The van der Waals surface area contributed by atoms with E-state index in [2.05, 4.69) is 20.6 Å². The fourth-order valence-corrected chi connectivity index (χ4v) is 1.45. The summed E-state index contributed by atoms with van der Waals surface area (Å²) in [5, 5.41) is 6.01. The maximum Gasteiger partial charge on any atom is 0.242 e. The van der Waals surface area contributed by atoms with Crippen LogP contribution in [0.5, 0.6) is 0 Å². The molecule has 2 rings (SSSR count). The highest BCUT2D eigenvalue weighted by molar-refractivity contribution is 5.84. The predicted octanol–water partition coefficient (Wildman–Crippen LogP) is 1.17. The number of hydrogen-bond acceptors (Lipinski definition) is 4. The Morgan fingerprint density at radius 2 is 2.12 bits per heavy atom. The van der Waals surface area contributed by atoms with E-state index in [4.69, 9.17) is 0 Å². The van der Waals surface area contributed by atoms with Gasteiger partial charge in [-0.1, -0.05) is 0 Å². The standard InChI is InChI=1S/C12H18N4O/c1-7-8(2)14-11(6-13-7)15-9(3)12(17)16-10-4-5-10/h6,9-10H,4-5H2,1-3H3,(H,14,15)(H,16,17). The van der Waals surface area contributed by atoms with Gasteiger partial charge in [0, 0.05) is 6.04 Å². The first-order valence-electron chi connectivity index (χ1n) is 5.93. The van der Waals surface area contributed by atoms with Gasteiger partial charge in [-0.15, -0.1) is 0 Å². The average Bonchev–Trinajstić information content (AvgIpc) is 3.07. The van der Waals surface area contributed by atoms with Gasteiger partial charge in [-0.05, 0) is 33.6 Å². The van der Waals surface area contributed by atoms with Crippen molar-refractivity contribution >= 4 is 11.7 Å². The molecule has 0 saturated heterocycles. The highest BCUT2D eigenvalue weighted by atomic mass is 16.2. The van der Waals surface area contributed by atoms with Gasteiger partial charge in [-0.25, -0.2) is 4.98 Å². The van der Waals surface area contributed by atoms with Gasteiger partial charge in [0.1, 0.15) is 11.9 Å². The van der Waals surface area contributed by atoms with Crippen molar-refractivity contribution in [2.75, 3.05) is 5.32 Å². The number of aromatic nitrogens is 2. The number of amides is 1. The number of hydrogen-bond donors (Lipinski definition) is 2. The normalized spacial score (nSPS) is 16.4. The van der Waals surface area contributed by atoms with Gasteiger partial charge in [0.2, 0.25) is 5.91 Å². The molecule has 0 bridgehead atoms. The van der Waals surface area contributed by atoms with Gasteiger partial charge in [0.15, 0.2) is 0 Å². The van der Waals surface area contributed by atoms with Crippen LogP contribution >= 0.6 is 0 Å². The number of carbonyl (C=O) groups is 1. The molecule has 17 heavy (non-hydrogen) atoms. The van der Waals surface area contributed by atoms with Crippen LogP contribution in [0.25, 0.3) is 0 Å². The van der Waals surface area contributed by atoms with Crippen molar-refractivity contribution in [1.82, 2.24) is 15.3 Å². The van der Waals surface area contributed by atoms with Crippen molar-refractivity contribution in [2.45, 2.75) is 45.7 Å². The molecule has 0 spiro atoms. The molecular formula is C12H18N4O. The summed E-state index contributed by atoms with van der Waals surface area (Å²) in [4.78, 5) is 20.3. The molecule has 1 amide bonds. The monoisotopic (exact) mass is 234 g/mol. The molecule has 1 heterocycles. The molecule has 1 unspecified atom stereocenters. The summed E-state index contributed by atoms with van der Waals surface area (Å²) in [6.07, 6.45) is 3.85. The van der Waals surface area contributed by atoms with Crippen molar-refractivity contribution in [2.24, 2.45) is 0 Å². The summed E-state index contributed by atoms with van der Waals surface area (Å²) in [6, 6.07) is 0.101. The molecule has 1 aromatic heterocycles. The van der Waals surface area contributed by atoms with Gasteiger partial charge >= 0.3 is 0 Å². The maximum atomic E-state index is 11.7. The van der Waals surface area contributed by atoms with Gasteiger partial charge in [0.25, 0.3) is 0 Å². The molecule has 0 aliphatic heterocycles. The lowest BCUT2D eigenvalue weighted by Crippen LogP contribution is -2.38. The molecule has 5 nitrogen and oxygen atoms in total. The first-order valence-corrected chi connectivity index (χ1v) is 5.93. The van der Waals surface area contributed by atoms with E-state index in [0.29, 0.717) is 11.9 Å². The largest absolute Gasteiger partial charge is 0.357 e. The summed E-state index contributed by atoms with van der Waals surface area (Å²) < 4.78 is 0. The molecule has 1 aliphatic rings. The first kappa shape index (κ1) is 11.8. The van der Waals surface area contributed by atoms with E-state index in [0.717, 1.165) is 24.2 Å². The van der Waals surface area contributed by atoms with Crippen LogP contribution in [0.4, 0.5) is 5.82 Å². The Bertz CT molecular complexity index is 429. The number of nitrogens with one attached hydrogen (secondary N) is 2. The number of rotatable bonds is 4. The molecule has 1 atom stereocenters. The Labute approximate surface area is 101 Å². The third-order valence-corrected chi connectivity index (χ3v) is 2.87. The molecule has 0 radical (unpaired) electrons. The van der Waals surface area contributed by atoms with E-state index < -0.39 is 0 Å². The van der Waals surface area contributed by atoms with E-state index in [1.165, 1.54) is 0 Å². The SMILES string of the molecule is Cc1ncc(NC(C)C(=O)NC2CC2)nc1C. The molecule has 1 saturated carbocycles. The van der Waals surface area contributed by atoms with Crippen LogP contribution in [0.2, 0.25) is 0 Å². The van der Waals surface area contributed by atoms with Crippen LogP contribution in [0.3, 0.4) is 0 Å². The summed E-state index contributed by atoms with van der Waals surface area (Å²) in [5.74, 6) is 0.666. The topological polar surface area (TPSA) is 66.9 Å². The fourth-order valence-electron chi connectivity index (χ4n) is 1.45. The highest BCUT2D eigenvalue weighted by Crippen LogP contribution is 2.18. The minimum absolute atomic E-state index is 0.0209. The molecule has 0 aromatic carbocycles. The van der Waals surface area contributed by atoms with E-state index in [9.17, 15) is 4.79 Å². The van der Waals surface area contributed by atoms with Crippen molar-refractivity contribution in [3.8, 4) is 0 Å². The smallest absolute Gasteiger partial charge is 0.242 e. The molecule has 1 aromatic rings. The second-order valence-corrected chi connectivity index (χ2v) is 4.57. The third-order valence-electron chi connectivity index (χ3n) is 2.87. The molecule has 1 aliphatic carbocycles. The molecule has 92 valence electrons. The van der Waals surface area contributed by atoms with Crippen LogP contribution < -0.4 is 10.6 Å². The zero-order valence-electron chi connectivity index (χ0n) is 10.4. The van der Waals surface area contributed by atoms with Crippen LogP contribution in [0.15, 0.2) is 6.20 Å². The minimum atomic E-state index is -0.285. The van der Waals surface area contributed by atoms with Crippen LogP contribution in [0, 0.1) is 13.8 Å². The van der Waals surface area contributed by atoms with Gasteiger partial charge in [0.05, 0.1) is 17.6 Å². The second kappa shape index (κ2) is 4.69. The number of anilines is 1. The fraction of sp³-hybridized carbons (Fsp3) is 0.583. The Balaban J connectivity index is 1.94. The zero-order chi connectivity index (χ0) is 12.4. The predicted molar refractivity (Wildman–Crippen MR) is 65.8 cm³/mol. The average molecular weight is 234 g/mol. The van der Waals surface area contributed by atoms with E-state index >= 15 is 0 Å². The van der Waals surface area contributed by atoms with E-state index in [1.807, 2.05) is 20.8 Å². The molecule has 2 N–H and O–H groups in total. The Hall–Kier alpha value is -1.65. The number of carbonyl (C=O) groups excluding carboxylic acids is 1. The number of aryl methyl sites for hydroxylation is 2. The highest BCUT2D eigenvalue weighted by Gasteiger charge is 2.25. The summed E-state index contributed by atoms with van der Waals surface area (Å²) in [6.45, 7) is 5.65. The first-order chi connectivity index (χ1) is 8.06. The molecule has 1 fully saturated rings. The summed E-state index contributed by atoms with van der Waals surface area (Å²) in [7, 11) is 0. The van der Waals surface area contributed by atoms with Crippen LogP contribution in [-0.4, -0.2) is 28.0 Å². The Kier molecular flexibility index (Phi) is 3.26. The van der Waals surface area contributed by atoms with Crippen molar-refractivity contribution in [3.05, 3.63) is 17.6 Å². The minimum Gasteiger partial charge on any atom is -0.357 e.